The molecule has 0 saturated carbocycles. The van der Waals surface area contributed by atoms with Crippen LogP contribution in [0.4, 0.5) is 5.69 Å². The number of ether oxygens (including phenoxy) is 1. The lowest BCUT2D eigenvalue weighted by molar-refractivity contribution is 0.415. The van der Waals surface area contributed by atoms with Crippen LogP contribution in [0.3, 0.4) is 0 Å². The monoisotopic (exact) mass is 559 g/mol. The van der Waals surface area contributed by atoms with Crippen molar-refractivity contribution in [2.45, 2.75) is 30.8 Å². The summed E-state index contributed by atoms with van der Waals surface area (Å²) < 4.78 is 28.6. The number of rotatable bonds is 7. The van der Waals surface area contributed by atoms with Crippen LogP contribution >= 0.6 is 24.0 Å². The Morgan fingerprint density at radius 2 is 2.03 bits per heavy atom. The van der Waals surface area contributed by atoms with Gasteiger partial charge in [-0.25, -0.2) is 18.5 Å². The van der Waals surface area contributed by atoms with Crippen molar-refractivity contribution in [3.8, 4) is 5.75 Å². The number of methoxy groups -OCH3 is 1. The lowest BCUT2D eigenvalue weighted by Gasteiger charge is -2.22. The van der Waals surface area contributed by atoms with Crippen LogP contribution in [0.25, 0.3) is 0 Å². The van der Waals surface area contributed by atoms with Crippen LogP contribution in [-0.2, 0) is 16.6 Å². The first-order valence-corrected chi connectivity index (χ1v) is 11.5. The van der Waals surface area contributed by atoms with Crippen LogP contribution in [0.1, 0.15) is 18.9 Å². The van der Waals surface area contributed by atoms with E-state index in [0.29, 0.717) is 12.5 Å². The summed E-state index contributed by atoms with van der Waals surface area (Å²) in [4.78, 5) is 7.01. The standard InChI is InChI=1S/C21H29N5O3S.HI/c1-3-23-21(24-14-16-7-6-8-18(13-16)30(22,27)28)25-17-11-12-26(15-17)19-9-4-5-10-20(19)29-2;/h4-10,13,17H,3,11-12,14-15H2,1-2H3,(H2,22,27,28)(H2,23,24,25);1H. The van der Waals surface area contributed by atoms with E-state index >= 15 is 0 Å². The fourth-order valence-electron chi connectivity index (χ4n) is 3.49. The van der Waals surface area contributed by atoms with Crippen molar-refractivity contribution >= 4 is 45.6 Å². The first-order chi connectivity index (χ1) is 14.4. The molecule has 1 aliphatic rings. The zero-order chi connectivity index (χ0) is 21.6. The van der Waals surface area contributed by atoms with E-state index in [1.54, 1.807) is 19.2 Å². The van der Waals surface area contributed by atoms with E-state index in [-0.39, 0.29) is 34.9 Å². The number of nitrogens with zero attached hydrogens (tertiary/aromatic N) is 2. The minimum atomic E-state index is -3.73. The number of halogens is 1. The van der Waals surface area contributed by atoms with Crippen molar-refractivity contribution in [2.24, 2.45) is 10.1 Å². The molecule has 170 valence electrons. The molecular weight excluding hydrogens is 529 g/mol. The fourth-order valence-corrected chi connectivity index (χ4v) is 4.08. The number of primary sulfonamides is 1. The number of aliphatic imine (C=N–C) groups is 1. The van der Waals surface area contributed by atoms with Crippen LogP contribution in [0.15, 0.2) is 58.4 Å². The van der Waals surface area contributed by atoms with Crippen molar-refractivity contribution in [2.75, 3.05) is 31.6 Å². The Kier molecular flexibility index (Phi) is 9.38. The Bertz CT molecular complexity index is 1000. The van der Waals surface area contributed by atoms with Crippen LogP contribution in [-0.4, -0.2) is 47.2 Å². The molecule has 0 bridgehead atoms. The molecule has 3 rings (SSSR count). The molecule has 0 radical (unpaired) electrons. The summed E-state index contributed by atoms with van der Waals surface area (Å²) in [6.45, 7) is 4.85. The van der Waals surface area contributed by atoms with Gasteiger partial charge in [0.05, 0.1) is 24.2 Å². The number of benzene rings is 2. The zero-order valence-corrected chi connectivity index (χ0v) is 20.9. The van der Waals surface area contributed by atoms with Gasteiger partial charge in [0.1, 0.15) is 5.75 Å². The van der Waals surface area contributed by atoms with Gasteiger partial charge in [-0.2, -0.15) is 0 Å². The molecule has 4 N–H and O–H groups in total. The van der Waals surface area contributed by atoms with Crippen molar-refractivity contribution in [1.29, 1.82) is 0 Å². The Hall–Kier alpha value is -2.05. The van der Waals surface area contributed by atoms with Crippen LogP contribution in [0, 0.1) is 0 Å². The predicted octanol–water partition coefficient (Wildman–Crippen LogP) is 2.29. The zero-order valence-electron chi connectivity index (χ0n) is 17.7. The SMILES string of the molecule is CCNC(=NCc1cccc(S(N)(=O)=O)c1)NC1CCN(c2ccccc2OC)C1.I. The summed E-state index contributed by atoms with van der Waals surface area (Å²) >= 11 is 0. The Balaban J connectivity index is 0.00000341. The second-order valence-electron chi connectivity index (χ2n) is 7.14. The molecule has 1 saturated heterocycles. The van der Waals surface area contributed by atoms with E-state index in [2.05, 4.69) is 26.6 Å². The first-order valence-electron chi connectivity index (χ1n) is 9.95. The van der Waals surface area contributed by atoms with Gasteiger partial charge in [0.15, 0.2) is 5.96 Å². The lowest BCUT2D eigenvalue weighted by atomic mass is 10.2. The number of nitrogens with two attached hydrogens (primary N) is 1. The second kappa shape index (κ2) is 11.5. The molecule has 1 aliphatic heterocycles. The maximum atomic E-state index is 11.6. The molecular formula is C21H30IN5O3S. The smallest absolute Gasteiger partial charge is 0.238 e. The van der Waals surface area contributed by atoms with E-state index in [0.717, 1.165) is 43.1 Å². The van der Waals surface area contributed by atoms with Crippen LogP contribution < -0.4 is 25.4 Å². The van der Waals surface area contributed by atoms with E-state index in [1.165, 1.54) is 6.07 Å². The third-order valence-corrected chi connectivity index (χ3v) is 5.86. The molecule has 1 fully saturated rings. The number of sulfonamides is 1. The van der Waals surface area contributed by atoms with Gasteiger partial charge in [0, 0.05) is 25.7 Å². The topological polar surface area (TPSA) is 109 Å². The molecule has 0 aromatic heterocycles. The van der Waals surface area contributed by atoms with Gasteiger partial charge in [-0.15, -0.1) is 24.0 Å². The highest BCUT2D eigenvalue weighted by Gasteiger charge is 2.25. The Morgan fingerprint density at radius 1 is 1.26 bits per heavy atom. The quantitative estimate of drug-likeness (QED) is 0.273. The van der Waals surface area contributed by atoms with E-state index in [4.69, 9.17) is 9.88 Å². The van der Waals surface area contributed by atoms with Crippen LogP contribution in [0.2, 0.25) is 0 Å². The minimum Gasteiger partial charge on any atom is -0.495 e. The van der Waals surface area contributed by atoms with E-state index in [1.807, 2.05) is 31.2 Å². The molecule has 0 aliphatic carbocycles. The molecule has 2 aromatic rings. The van der Waals surface area contributed by atoms with Gasteiger partial charge in [-0.3, -0.25) is 0 Å². The number of hydrogen-bond donors (Lipinski definition) is 3. The van der Waals surface area contributed by atoms with Gasteiger partial charge in [-0.1, -0.05) is 24.3 Å². The van der Waals surface area contributed by atoms with Gasteiger partial charge < -0.3 is 20.3 Å². The Morgan fingerprint density at radius 3 is 2.74 bits per heavy atom. The molecule has 10 heteroatoms. The molecule has 1 unspecified atom stereocenters. The lowest BCUT2D eigenvalue weighted by Crippen LogP contribution is -2.44. The second-order valence-corrected chi connectivity index (χ2v) is 8.70. The van der Waals surface area contributed by atoms with E-state index < -0.39 is 10.0 Å². The molecule has 8 nitrogen and oxygen atoms in total. The Labute approximate surface area is 201 Å². The molecule has 0 spiro atoms. The van der Waals surface area contributed by atoms with Gasteiger partial charge in [-0.05, 0) is 43.2 Å². The number of guanidine groups is 1. The van der Waals surface area contributed by atoms with E-state index in [9.17, 15) is 8.42 Å². The highest BCUT2D eigenvalue weighted by molar-refractivity contribution is 14.0. The summed E-state index contributed by atoms with van der Waals surface area (Å²) in [5.74, 6) is 1.57. The summed E-state index contributed by atoms with van der Waals surface area (Å²) in [5, 5.41) is 12.0. The maximum Gasteiger partial charge on any atom is 0.238 e. The number of nitrogens with one attached hydrogen (secondary N) is 2. The van der Waals surface area contributed by atoms with Gasteiger partial charge >= 0.3 is 0 Å². The third-order valence-electron chi connectivity index (χ3n) is 4.95. The number of hydrogen-bond acceptors (Lipinski definition) is 5. The average Bonchev–Trinajstić information content (AvgIpc) is 3.20. The molecule has 0 amide bonds. The molecule has 1 atom stereocenters. The first kappa shape index (κ1) is 25.2. The van der Waals surface area contributed by atoms with Gasteiger partial charge in [0.25, 0.3) is 0 Å². The molecule has 2 aromatic carbocycles. The normalized spacial score (nSPS) is 16.5. The predicted molar refractivity (Wildman–Crippen MR) is 135 cm³/mol. The highest BCUT2D eigenvalue weighted by Crippen LogP contribution is 2.30. The van der Waals surface area contributed by atoms with Crippen molar-refractivity contribution in [1.82, 2.24) is 10.6 Å². The van der Waals surface area contributed by atoms with Crippen LogP contribution in [0.5, 0.6) is 5.75 Å². The summed E-state index contributed by atoms with van der Waals surface area (Å²) in [7, 11) is -2.04. The molecule has 31 heavy (non-hydrogen) atoms. The average molecular weight is 559 g/mol. The molecule has 1 heterocycles. The summed E-state index contributed by atoms with van der Waals surface area (Å²) in [6, 6.07) is 14.8. The number of anilines is 1. The highest BCUT2D eigenvalue weighted by atomic mass is 127. The maximum absolute atomic E-state index is 11.6. The summed E-state index contributed by atoms with van der Waals surface area (Å²) in [5.41, 5.74) is 1.87. The van der Waals surface area contributed by atoms with Crippen molar-refractivity contribution in [3.05, 3.63) is 54.1 Å². The van der Waals surface area contributed by atoms with Crippen molar-refractivity contribution < 1.29 is 13.2 Å². The fraction of sp³-hybridized carbons (Fsp3) is 0.381. The van der Waals surface area contributed by atoms with Crippen molar-refractivity contribution in [3.63, 3.8) is 0 Å². The summed E-state index contributed by atoms with van der Waals surface area (Å²) in [6.07, 6.45) is 0.976. The largest absolute Gasteiger partial charge is 0.495 e. The van der Waals surface area contributed by atoms with Gasteiger partial charge in [0.2, 0.25) is 10.0 Å². The third kappa shape index (κ3) is 6.97. The minimum absolute atomic E-state index is 0. The number of para-hydroxylation sites is 2.